The molecular formula is C13H16IN3S. The van der Waals surface area contributed by atoms with Crippen LogP contribution in [0.2, 0.25) is 0 Å². The molecule has 5 heteroatoms. The molecule has 0 bridgehead atoms. The van der Waals surface area contributed by atoms with Gasteiger partial charge in [-0.25, -0.2) is 0 Å². The molecular weight excluding hydrogens is 357 g/mol. The third kappa shape index (κ3) is 5.05. The van der Waals surface area contributed by atoms with Gasteiger partial charge in [0.25, 0.3) is 0 Å². The van der Waals surface area contributed by atoms with E-state index in [9.17, 15) is 0 Å². The zero-order chi connectivity index (χ0) is 11.9. The Balaban J connectivity index is 0.00000162. The molecule has 0 saturated carbocycles. The summed E-state index contributed by atoms with van der Waals surface area (Å²) in [5.41, 5.74) is 6.75. The first-order chi connectivity index (χ1) is 8.34. The molecule has 0 saturated heterocycles. The van der Waals surface area contributed by atoms with Gasteiger partial charge in [-0.1, -0.05) is 24.3 Å². The highest BCUT2D eigenvalue weighted by atomic mass is 127. The zero-order valence-corrected chi connectivity index (χ0v) is 13.0. The highest BCUT2D eigenvalue weighted by molar-refractivity contribution is 14.0. The number of nitrogens with two attached hydrogens (primary N) is 1. The molecule has 0 unspecified atom stereocenters. The number of hydrogen-bond donors (Lipinski definition) is 2. The first-order valence-corrected chi connectivity index (χ1v) is 6.37. The van der Waals surface area contributed by atoms with Crippen molar-refractivity contribution in [3.05, 3.63) is 52.7 Å². The molecule has 1 aromatic carbocycles. The Morgan fingerprint density at radius 3 is 2.61 bits per heavy atom. The Morgan fingerprint density at radius 1 is 1.17 bits per heavy atom. The van der Waals surface area contributed by atoms with Crippen molar-refractivity contribution in [2.75, 3.05) is 11.9 Å². The van der Waals surface area contributed by atoms with E-state index in [1.165, 1.54) is 4.88 Å². The molecule has 0 spiro atoms. The van der Waals surface area contributed by atoms with Crippen molar-refractivity contribution in [2.45, 2.75) is 6.42 Å². The maximum Gasteiger partial charge on any atom is 0.193 e. The highest BCUT2D eigenvalue weighted by Gasteiger charge is 1.95. The van der Waals surface area contributed by atoms with Crippen LogP contribution >= 0.6 is 35.3 Å². The predicted octanol–water partition coefficient (Wildman–Crippen LogP) is 3.34. The van der Waals surface area contributed by atoms with Crippen LogP contribution in [-0.4, -0.2) is 12.5 Å². The second kappa shape index (κ2) is 8.10. The number of halogens is 1. The third-order valence-electron chi connectivity index (χ3n) is 2.27. The second-order valence-electron chi connectivity index (χ2n) is 3.59. The standard InChI is InChI=1S/C13H15N3S.HI/c14-13(16-11-5-2-1-3-6-11)15-9-8-12-7-4-10-17-12;/h1-7,10H,8-9H2,(H3,14,15,16);1H. The van der Waals surface area contributed by atoms with E-state index in [0.29, 0.717) is 12.5 Å². The van der Waals surface area contributed by atoms with Gasteiger partial charge >= 0.3 is 0 Å². The largest absolute Gasteiger partial charge is 0.370 e. The van der Waals surface area contributed by atoms with Crippen LogP contribution in [0.4, 0.5) is 5.69 Å². The number of para-hydroxylation sites is 1. The normalized spacial score (nSPS) is 10.8. The molecule has 1 heterocycles. The number of nitrogens with zero attached hydrogens (tertiary/aromatic N) is 1. The average Bonchev–Trinajstić information content (AvgIpc) is 2.83. The van der Waals surface area contributed by atoms with Crippen molar-refractivity contribution in [1.29, 1.82) is 0 Å². The summed E-state index contributed by atoms with van der Waals surface area (Å²) < 4.78 is 0. The topological polar surface area (TPSA) is 50.4 Å². The molecule has 0 amide bonds. The fourth-order valence-electron chi connectivity index (χ4n) is 1.45. The van der Waals surface area contributed by atoms with Gasteiger partial charge in [-0.2, -0.15) is 0 Å². The molecule has 0 aliphatic rings. The van der Waals surface area contributed by atoms with Crippen molar-refractivity contribution in [2.24, 2.45) is 10.7 Å². The van der Waals surface area contributed by atoms with Crippen LogP contribution < -0.4 is 11.1 Å². The summed E-state index contributed by atoms with van der Waals surface area (Å²) >= 11 is 1.75. The lowest BCUT2D eigenvalue weighted by atomic mass is 10.3. The van der Waals surface area contributed by atoms with Gasteiger partial charge in [0.1, 0.15) is 0 Å². The first kappa shape index (κ1) is 15.0. The van der Waals surface area contributed by atoms with E-state index < -0.39 is 0 Å². The lowest BCUT2D eigenvalue weighted by Gasteiger charge is -2.04. The maximum atomic E-state index is 5.79. The van der Waals surface area contributed by atoms with Gasteiger partial charge in [0, 0.05) is 23.5 Å². The Bertz CT molecular complexity index is 468. The molecule has 0 atom stereocenters. The van der Waals surface area contributed by atoms with Crippen LogP contribution in [0.5, 0.6) is 0 Å². The fraction of sp³-hybridized carbons (Fsp3) is 0.154. The van der Waals surface area contributed by atoms with Gasteiger partial charge in [-0.3, -0.25) is 4.99 Å². The Morgan fingerprint density at radius 2 is 1.94 bits per heavy atom. The predicted molar refractivity (Wildman–Crippen MR) is 90.0 cm³/mol. The lowest BCUT2D eigenvalue weighted by molar-refractivity contribution is 0.983. The summed E-state index contributed by atoms with van der Waals surface area (Å²) in [5.74, 6) is 0.466. The molecule has 3 N–H and O–H groups in total. The minimum atomic E-state index is 0. The monoisotopic (exact) mass is 373 g/mol. The van der Waals surface area contributed by atoms with E-state index in [4.69, 9.17) is 5.73 Å². The van der Waals surface area contributed by atoms with Crippen molar-refractivity contribution in [3.8, 4) is 0 Å². The van der Waals surface area contributed by atoms with Gasteiger partial charge in [0.2, 0.25) is 0 Å². The van der Waals surface area contributed by atoms with E-state index in [1.807, 2.05) is 30.3 Å². The van der Waals surface area contributed by atoms with Crippen molar-refractivity contribution in [3.63, 3.8) is 0 Å². The van der Waals surface area contributed by atoms with Crippen LogP contribution in [0.15, 0.2) is 52.8 Å². The van der Waals surface area contributed by atoms with Crippen LogP contribution in [0, 0.1) is 0 Å². The van der Waals surface area contributed by atoms with Gasteiger partial charge in [-0.05, 0) is 23.6 Å². The first-order valence-electron chi connectivity index (χ1n) is 5.49. The van der Waals surface area contributed by atoms with E-state index in [1.54, 1.807) is 11.3 Å². The van der Waals surface area contributed by atoms with Crippen LogP contribution in [0.3, 0.4) is 0 Å². The Labute approximate surface area is 128 Å². The molecule has 0 fully saturated rings. The van der Waals surface area contributed by atoms with Crippen LogP contribution in [-0.2, 0) is 6.42 Å². The van der Waals surface area contributed by atoms with Gasteiger partial charge in [-0.15, -0.1) is 35.3 Å². The summed E-state index contributed by atoms with van der Waals surface area (Å²) in [5, 5.41) is 5.13. The average molecular weight is 373 g/mol. The van der Waals surface area contributed by atoms with Gasteiger partial charge < -0.3 is 11.1 Å². The molecule has 18 heavy (non-hydrogen) atoms. The summed E-state index contributed by atoms with van der Waals surface area (Å²) in [4.78, 5) is 5.62. The molecule has 96 valence electrons. The number of nitrogens with one attached hydrogen (secondary N) is 1. The second-order valence-corrected chi connectivity index (χ2v) is 4.62. The number of aliphatic imine (C=N–C) groups is 1. The summed E-state index contributed by atoms with van der Waals surface area (Å²) in [6.07, 6.45) is 0.939. The minimum Gasteiger partial charge on any atom is -0.370 e. The highest BCUT2D eigenvalue weighted by Crippen LogP contribution is 2.09. The van der Waals surface area contributed by atoms with Crippen LogP contribution in [0.1, 0.15) is 4.88 Å². The van der Waals surface area contributed by atoms with E-state index >= 15 is 0 Å². The van der Waals surface area contributed by atoms with Crippen LogP contribution in [0.25, 0.3) is 0 Å². The van der Waals surface area contributed by atoms with Crippen molar-refractivity contribution < 1.29 is 0 Å². The van der Waals surface area contributed by atoms with E-state index in [2.05, 4.69) is 27.8 Å². The molecule has 0 aliphatic carbocycles. The number of anilines is 1. The molecule has 0 radical (unpaired) electrons. The quantitative estimate of drug-likeness (QED) is 0.491. The zero-order valence-electron chi connectivity index (χ0n) is 9.87. The number of benzene rings is 1. The molecule has 2 aromatic rings. The number of hydrogen-bond acceptors (Lipinski definition) is 2. The third-order valence-corrected chi connectivity index (χ3v) is 3.20. The van der Waals surface area contributed by atoms with Gasteiger partial charge in [0.05, 0.1) is 0 Å². The lowest BCUT2D eigenvalue weighted by Crippen LogP contribution is -2.22. The Hall–Kier alpha value is -1.08. The SMILES string of the molecule is I.NC(=NCCc1cccs1)Nc1ccccc1. The maximum absolute atomic E-state index is 5.79. The van der Waals surface area contributed by atoms with Crippen molar-refractivity contribution >= 4 is 47.0 Å². The van der Waals surface area contributed by atoms with E-state index in [0.717, 1.165) is 12.1 Å². The smallest absolute Gasteiger partial charge is 0.193 e. The fourth-order valence-corrected chi connectivity index (χ4v) is 2.15. The van der Waals surface area contributed by atoms with Crippen molar-refractivity contribution in [1.82, 2.24) is 0 Å². The minimum absolute atomic E-state index is 0. The summed E-state index contributed by atoms with van der Waals surface area (Å²) in [6, 6.07) is 14.0. The van der Waals surface area contributed by atoms with Gasteiger partial charge in [0.15, 0.2) is 5.96 Å². The molecule has 2 rings (SSSR count). The number of rotatable bonds is 4. The summed E-state index contributed by atoms with van der Waals surface area (Å²) in [7, 11) is 0. The summed E-state index contributed by atoms with van der Waals surface area (Å²) in [6.45, 7) is 0.714. The Kier molecular flexibility index (Phi) is 6.74. The molecule has 0 aliphatic heterocycles. The molecule has 1 aromatic heterocycles. The number of guanidine groups is 1. The number of thiophene rings is 1. The van der Waals surface area contributed by atoms with E-state index in [-0.39, 0.29) is 24.0 Å². The molecule has 3 nitrogen and oxygen atoms in total.